The molecule has 0 spiro atoms. The fourth-order valence-corrected chi connectivity index (χ4v) is 1.63. The number of alkyl halides is 3. The summed E-state index contributed by atoms with van der Waals surface area (Å²) < 4.78 is 38.0. The van der Waals surface area contributed by atoms with Crippen molar-refractivity contribution < 1.29 is 23.1 Å². The lowest BCUT2D eigenvalue weighted by Crippen LogP contribution is -2.18. The molecule has 0 atom stereocenters. The van der Waals surface area contributed by atoms with Gasteiger partial charge in [0.05, 0.1) is 11.1 Å². The zero-order valence-corrected chi connectivity index (χ0v) is 8.71. The van der Waals surface area contributed by atoms with Gasteiger partial charge in [0.25, 0.3) is 5.56 Å². The van der Waals surface area contributed by atoms with Gasteiger partial charge in [0, 0.05) is 0 Å². The zero-order chi connectivity index (χ0) is 13.5. The number of hydrogen-bond acceptors (Lipinski definition) is 2. The van der Waals surface area contributed by atoms with Crippen LogP contribution in [0.2, 0.25) is 0 Å². The fourth-order valence-electron chi connectivity index (χ4n) is 1.63. The number of rotatable bonds is 1. The number of carboxylic acid groups (broad SMARTS) is 1. The number of carbonyl (C=O) groups is 1. The molecule has 2 rings (SSSR count). The number of aromatic carboxylic acids is 1. The Hall–Kier alpha value is -2.31. The molecular weight excluding hydrogens is 251 g/mol. The van der Waals surface area contributed by atoms with Crippen LogP contribution in [0.4, 0.5) is 13.2 Å². The third kappa shape index (κ3) is 1.94. The molecule has 2 N–H and O–H groups in total. The predicted octanol–water partition coefficient (Wildman–Crippen LogP) is 2.25. The first kappa shape index (κ1) is 12.2. The lowest BCUT2D eigenvalue weighted by Gasteiger charge is -2.10. The fraction of sp³-hybridized carbons (Fsp3) is 0.0909. The van der Waals surface area contributed by atoms with Gasteiger partial charge in [-0.05, 0) is 17.5 Å². The van der Waals surface area contributed by atoms with Crippen LogP contribution < -0.4 is 5.56 Å². The van der Waals surface area contributed by atoms with Crippen molar-refractivity contribution in [3.05, 3.63) is 45.7 Å². The number of halogens is 3. The number of H-pyrrole nitrogens is 1. The van der Waals surface area contributed by atoms with Crippen molar-refractivity contribution in [2.75, 3.05) is 0 Å². The van der Waals surface area contributed by atoms with Crippen molar-refractivity contribution in [1.29, 1.82) is 0 Å². The van der Waals surface area contributed by atoms with E-state index in [1.807, 2.05) is 4.98 Å². The van der Waals surface area contributed by atoms with Gasteiger partial charge >= 0.3 is 12.1 Å². The SMILES string of the molecule is O=C(O)c1cc2cccc(C(F)(F)F)c2[nH]c1=O. The highest BCUT2D eigenvalue weighted by Crippen LogP contribution is 2.33. The molecule has 1 heterocycles. The van der Waals surface area contributed by atoms with E-state index in [1.165, 1.54) is 6.07 Å². The van der Waals surface area contributed by atoms with Crippen molar-refractivity contribution in [1.82, 2.24) is 4.98 Å². The zero-order valence-electron chi connectivity index (χ0n) is 8.71. The van der Waals surface area contributed by atoms with Crippen LogP contribution in [0.3, 0.4) is 0 Å². The molecule has 0 aliphatic carbocycles. The molecule has 1 aromatic heterocycles. The number of aromatic nitrogens is 1. The second-order valence-corrected chi connectivity index (χ2v) is 3.58. The van der Waals surface area contributed by atoms with E-state index in [9.17, 15) is 22.8 Å². The lowest BCUT2D eigenvalue weighted by atomic mass is 10.1. The van der Waals surface area contributed by atoms with Gasteiger partial charge in [-0.25, -0.2) is 4.79 Å². The van der Waals surface area contributed by atoms with Crippen LogP contribution in [0.5, 0.6) is 0 Å². The van der Waals surface area contributed by atoms with Crippen LogP contribution in [0.25, 0.3) is 10.9 Å². The second kappa shape index (κ2) is 3.86. The highest BCUT2D eigenvalue weighted by Gasteiger charge is 2.33. The summed E-state index contributed by atoms with van der Waals surface area (Å²) in [6.45, 7) is 0. The summed E-state index contributed by atoms with van der Waals surface area (Å²) in [4.78, 5) is 24.0. The number of benzene rings is 1. The number of carboxylic acids is 1. The van der Waals surface area contributed by atoms with Crippen LogP contribution in [0.1, 0.15) is 15.9 Å². The van der Waals surface area contributed by atoms with E-state index in [0.717, 1.165) is 18.2 Å². The van der Waals surface area contributed by atoms with Gasteiger partial charge in [-0.15, -0.1) is 0 Å². The van der Waals surface area contributed by atoms with E-state index < -0.39 is 34.3 Å². The summed E-state index contributed by atoms with van der Waals surface area (Å²) in [5.74, 6) is -1.49. The predicted molar refractivity (Wildman–Crippen MR) is 56.5 cm³/mol. The number of aromatic amines is 1. The standard InChI is InChI=1S/C11H6F3NO3/c12-11(13,14)7-3-1-2-5-4-6(10(17)18)9(16)15-8(5)7/h1-4H,(H,15,16)(H,17,18). The average Bonchev–Trinajstić information content (AvgIpc) is 2.25. The number of fused-ring (bicyclic) bond motifs is 1. The Morgan fingerprint density at radius 3 is 2.50 bits per heavy atom. The van der Waals surface area contributed by atoms with E-state index >= 15 is 0 Å². The van der Waals surface area contributed by atoms with E-state index in [2.05, 4.69) is 0 Å². The van der Waals surface area contributed by atoms with E-state index in [-0.39, 0.29) is 5.39 Å². The van der Waals surface area contributed by atoms with E-state index in [0.29, 0.717) is 0 Å². The maximum absolute atomic E-state index is 12.7. The Labute approximate surface area is 97.7 Å². The van der Waals surface area contributed by atoms with Crippen molar-refractivity contribution in [2.45, 2.75) is 6.18 Å². The lowest BCUT2D eigenvalue weighted by molar-refractivity contribution is -0.136. The summed E-state index contributed by atoms with van der Waals surface area (Å²) >= 11 is 0. The molecule has 18 heavy (non-hydrogen) atoms. The molecule has 0 saturated heterocycles. The molecule has 94 valence electrons. The minimum Gasteiger partial charge on any atom is -0.477 e. The molecule has 0 aliphatic heterocycles. The van der Waals surface area contributed by atoms with Crippen LogP contribution in [-0.2, 0) is 6.18 Å². The Kier molecular flexibility index (Phi) is 2.61. The molecule has 7 heteroatoms. The van der Waals surface area contributed by atoms with Gasteiger partial charge in [0.1, 0.15) is 5.56 Å². The molecule has 0 saturated carbocycles. The van der Waals surface area contributed by atoms with Crippen molar-refractivity contribution >= 4 is 16.9 Å². The molecule has 0 amide bonds. The highest BCUT2D eigenvalue weighted by molar-refractivity contribution is 5.93. The van der Waals surface area contributed by atoms with Crippen LogP contribution >= 0.6 is 0 Å². The van der Waals surface area contributed by atoms with Gasteiger partial charge in [0.2, 0.25) is 0 Å². The smallest absolute Gasteiger partial charge is 0.418 e. The minimum atomic E-state index is -4.62. The van der Waals surface area contributed by atoms with Gasteiger partial charge in [-0.3, -0.25) is 4.79 Å². The first-order valence-corrected chi connectivity index (χ1v) is 4.77. The Morgan fingerprint density at radius 2 is 1.94 bits per heavy atom. The normalized spacial score (nSPS) is 11.7. The minimum absolute atomic E-state index is 0.0156. The highest BCUT2D eigenvalue weighted by atomic mass is 19.4. The number of pyridine rings is 1. The van der Waals surface area contributed by atoms with Crippen molar-refractivity contribution in [3.8, 4) is 0 Å². The molecular formula is C11H6F3NO3. The quantitative estimate of drug-likeness (QED) is 0.823. The summed E-state index contributed by atoms with van der Waals surface area (Å²) in [6.07, 6.45) is -4.62. The largest absolute Gasteiger partial charge is 0.477 e. The summed E-state index contributed by atoms with van der Waals surface area (Å²) in [6, 6.07) is 4.19. The maximum atomic E-state index is 12.7. The molecule has 0 bridgehead atoms. The monoisotopic (exact) mass is 257 g/mol. The Balaban J connectivity index is 2.85. The number of nitrogens with one attached hydrogen (secondary N) is 1. The molecule has 1 aromatic carbocycles. The molecule has 4 nitrogen and oxygen atoms in total. The van der Waals surface area contributed by atoms with Gasteiger partial charge in [-0.2, -0.15) is 13.2 Å². The molecule has 0 fully saturated rings. The van der Waals surface area contributed by atoms with Gasteiger partial charge in [0.15, 0.2) is 0 Å². The maximum Gasteiger partial charge on any atom is 0.418 e. The van der Waals surface area contributed by atoms with Gasteiger partial charge < -0.3 is 10.1 Å². The first-order valence-electron chi connectivity index (χ1n) is 4.77. The van der Waals surface area contributed by atoms with E-state index in [4.69, 9.17) is 5.11 Å². The van der Waals surface area contributed by atoms with Crippen LogP contribution in [0, 0.1) is 0 Å². The molecule has 0 radical (unpaired) electrons. The second-order valence-electron chi connectivity index (χ2n) is 3.58. The topological polar surface area (TPSA) is 70.2 Å². The molecule has 2 aromatic rings. The van der Waals surface area contributed by atoms with Gasteiger partial charge in [-0.1, -0.05) is 12.1 Å². The molecule has 0 aliphatic rings. The van der Waals surface area contributed by atoms with Crippen LogP contribution in [-0.4, -0.2) is 16.1 Å². The summed E-state index contributed by atoms with van der Waals surface area (Å²) in [5.41, 5.74) is -3.08. The molecule has 0 unspecified atom stereocenters. The van der Waals surface area contributed by atoms with E-state index in [1.54, 1.807) is 0 Å². The van der Waals surface area contributed by atoms with Crippen LogP contribution in [0.15, 0.2) is 29.1 Å². The summed E-state index contributed by atoms with van der Waals surface area (Å²) in [5, 5.41) is 8.73. The Morgan fingerprint density at radius 1 is 1.28 bits per heavy atom. The number of hydrogen-bond donors (Lipinski definition) is 2. The average molecular weight is 257 g/mol. The van der Waals surface area contributed by atoms with Crippen molar-refractivity contribution in [2.24, 2.45) is 0 Å². The summed E-state index contributed by atoms with van der Waals surface area (Å²) in [7, 11) is 0. The van der Waals surface area contributed by atoms with Crippen molar-refractivity contribution in [3.63, 3.8) is 0 Å². The third-order valence-electron chi connectivity index (χ3n) is 2.42. The number of para-hydroxylation sites is 1. The third-order valence-corrected chi connectivity index (χ3v) is 2.42. The Bertz CT molecular complexity index is 688. The first-order chi connectivity index (χ1) is 8.30.